The fourth-order valence-corrected chi connectivity index (χ4v) is 2.67. The highest BCUT2D eigenvalue weighted by Gasteiger charge is 2.12. The number of carbonyl (C=O) groups excluding carboxylic acids is 1. The van der Waals surface area contributed by atoms with Gasteiger partial charge in [-0.15, -0.1) is 10.2 Å². The van der Waals surface area contributed by atoms with Gasteiger partial charge in [-0.05, 0) is 17.5 Å². The zero-order valence-corrected chi connectivity index (χ0v) is 14.1. The molecule has 1 N–H and O–H groups in total. The smallest absolute Gasteiger partial charge is 0.264 e. The monoisotopic (exact) mass is 319 g/mol. The quantitative estimate of drug-likeness (QED) is 0.879. The summed E-state index contributed by atoms with van der Waals surface area (Å²) in [7, 11) is 0. The van der Waals surface area contributed by atoms with Crippen molar-refractivity contribution < 1.29 is 9.53 Å². The minimum absolute atomic E-state index is 0.0413. The first-order chi connectivity index (χ1) is 10.5. The molecule has 1 amide bonds. The summed E-state index contributed by atoms with van der Waals surface area (Å²) in [5.74, 6) is 1.16. The van der Waals surface area contributed by atoms with Crippen LogP contribution in [0, 0.1) is 0 Å². The number of nitrogens with zero attached hydrogens (tertiary/aromatic N) is 2. The van der Waals surface area contributed by atoms with Gasteiger partial charge >= 0.3 is 0 Å². The van der Waals surface area contributed by atoms with E-state index in [-0.39, 0.29) is 12.5 Å². The molecule has 0 atom stereocenters. The first kappa shape index (κ1) is 16.4. The fraction of sp³-hybridized carbons (Fsp3) is 0.438. The van der Waals surface area contributed by atoms with Crippen LogP contribution in [0.5, 0.6) is 5.75 Å². The van der Waals surface area contributed by atoms with Gasteiger partial charge in [-0.3, -0.25) is 10.1 Å². The van der Waals surface area contributed by atoms with Crippen molar-refractivity contribution in [1.82, 2.24) is 10.2 Å². The number of ether oxygens (including phenoxy) is 1. The lowest BCUT2D eigenvalue weighted by Gasteiger charge is -2.13. The fourth-order valence-electron chi connectivity index (χ4n) is 1.91. The van der Waals surface area contributed by atoms with Gasteiger partial charge in [-0.25, -0.2) is 0 Å². The van der Waals surface area contributed by atoms with Crippen molar-refractivity contribution in [2.45, 2.75) is 39.5 Å². The van der Waals surface area contributed by atoms with Crippen LogP contribution in [0.2, 0.25) is 0 Å². The predicted octanol–water partition coefficient (Wildman–Crippen LogP) is 3.80. The standard InChI is InChI=1S/C16H21N3O2S/c1-10(2)12-7-5-6-8-13(12)21-9-14(20)17-16-19-18-15(22-16)11(3)4/h5-8,10-11H,9H2,1-4H3,(H,17,19,20). The summed E-state index contributed by atoms with van der Waals surface area (Å²) in [4.78, 5) is 11.9. The second-order valence-electron chi connectivity index (χ2n) is 5.63. The summed E-state index contributed by atoms with van der Waals surface area (Å²) in [5.41, 5.74) is 1.09. The molecule has 22 heavy (non-hydrogen) atoms. The zero-order valence-electron chi connectivity index (χ0n) is 13.3. The number of para-hydroxylation sites is 1. The van der Waals surface area contributed by atoms with Crippen LogP contribution in [0.25, 0.3) is 0 Å². The van der Waals surface area contributed by atoms with E-state index in [0.717, 1.165) is 16.3 Å². The average Bonchev–Trinajstić information content (AvgIpc) is 2.94. The molecule has 1 heterocycles. The third kappa shape index (κ3) is 4.27. The molecule has 2 aromatic rings. The second kappa shape index (κ2) is 7.35. The molecule has 0 unspecified atom stereocenters. The van der Waals surface area contributed by atoms with E-state index in [1.165, 1.54) is 11.3 Å². The number of aromatic nitrogens is 2. The van der Waals surface area contributed by atoms with Crippen LogP contribution in [-0.2, 0) is 4.79 Å². The van der Waals surface area contributed by atoms with E-state index in [0.29, 0.717) is 17.0 Å². The highest BCUT2D eigenvalue weighted by Crippen LogP contribution is 2.26. The van der Waals surface area contributed by atoms with E-state index in [1.807, 2.05) is 38.1 Å². The van der Waals surface area contributed by atoms with Crippen LogP contribution in [-0.4, -0.2) is 22.7 Å². The van der Waals surface area contributed by atoms with Gasteiger partial charge in [0.05, 0.1) is 0 Å². The summed E-state index contributed by atoms with van der Waals surface area (Å²) >= 11 is 1.39. The molecule has 0 aliphatic carbocycles. The van der Waals surface area contributed by atoms with Crippen LogP contribution in [0.15, 0.2) is 24.3 Å². The Kier molecular flexibility index (Phi) is 5.49. The molecule has 2 rings (SSSR count). The topological polar surface area (TPSA) is 64.1 Å². The average molecular weight is 319 g/mol. The van der Waals surface area contributed by atoms with Gasteiger partial charge in [0.25, 0.3) is 5.91 Å². The van der Waals surface area contributed by atoms with Gasteiger partial charge in [0, 0.05) is 5.92 Å². The maximum Gasteiger partial charge on any atom is 0.264 e. The maximum absolute atomic E-state index is 11.9. The summed E-state index contributed by atoms with van der Waals surface area (Å²) in [6.45, 7) is 8.23. The minimum Gasteiger partial charge on any atom is -0.483 e. The Balaban J connectivity index is 1.93. The first-order valence-corrected chi connectivity index (χ1v) is 8.14. The summed E-state index contributed by atoms with van der Waals surface area (Å²) in [6, 6.07) is 7.76. The predicted molar refractivity (Wildman–Crippen MR) is 88.7 cm³/mol. The Morgan fingerprint density at radius 3 is 2.55 bits per heavy atom. The zero-order chi connectivity index (χ0) is 16.1. The molecular weight excluding hydrogens is 298 g/mol. The molecule has 0 spiro atoms. The van der Waals surface area contributed by atoms with Crippen molar-refractivity contribution in [3.63, 3.8) is 0 Å². The molecular formula is C16H21N3O2S. The Morgan fingerprint density at radius 1 is 1.18 bits per heavy atom. The lowest BCUT2D eigenvalue weighted by Crippen LogP contribution is -2.20. The van der Waals surface area contributed by atoms with Crippen LogP contribution in [0.4, 0.5) is 5.13 Å². The summed E-state index contributed by atoms with van der Waals surface area (Å²) in [5, 5.41) is 12.1. The maximum atomic E-state index is 11.9. The molecule has 0 bridgehead atoms. The number of hydrogen-bond acceptors (Lipinski definition) is 5. The Labute approximate surface area is 134 Å². The van der Waals surface area contributed by atoms with Gasteiger partial charge in [-0.1, -0.05) is 57.2 Å². The minimum atomic E-state index is -0.231. The lowest BCUT2D eigenvalue weighted by atomic mass is 10.0. The molecule has 5 nitrogen and oxygen atoms in total. The highest BCUT2D eigenvalue weighted by molar-refractivity contribution is 7.15. The summed E-state index contributed by atoms with van der Waals surface area (Å²) < 4.78 is 5.63. The molecule has 0 fully saturated rings. The highest BCUT2D eigenvalue weighted by atomic mass is 32.1. The van der Waals surface area contributed by atoms with Gasteiger partial charge < -0.3 is 4.74 Å². The van der Waals surface area contributed by atoms with Crippen molar-refractivity contribution in [3.8, 4) is 5.75 Å². The van der Waals surface area contributed by atoms with Crippen LogP contribution >= 0.6 is 11.3 Å². The molecule has 6 heteroatoms. The van der Waals surface area contributed by atoms with E-state index >= 15 is 0 Å². The van der Waals surface area contributed by atoms with E-state index in [4.69, 9.17) is 4.74 Å². The number of anilines is 1. The molecule has 0 saturated heterocycles. The number of nitrogens with one attached hydrogen (secondary N) is 1. The lowest BCUT2D eigenvalue weighted by molar-refractivity contribution is -0.118. The number of benzene rings is 1. The Hall–Kier alpha value is -1.95. The SMILES string of the molecule is CC(C)c1nnc(NC(=O)COc2ccccc2C(C)C)s1. The van der Waals surface area contributed by atoms with Crippen LogP contribution in [0.1, 0.15) is 50.1 Å². The van der Waals surface area contributed by atoms with Gasteiger partial charge in [0.2, 0.25) is 5.13 Å². The third-order valence-electron chi connectivity index (χ3n) is 3.08. The van der Waals surface area contributed by atoms with Crippen molar-refractivity contribution in [2.24, 2.45) is 0 Å². The molecule has 0 aliphatic heterocycles. The van der Waals surface area contributed by atoms with Crippen LogP contribution in [0.3, 0.4) is 0 Å². The third-order valence-corrected chi connectivity index (χ3v) is 4.22. The molecule has 0 radical (unpaired) electrons. The number of carbonyl (C=O) groups is 1. The van der Waals surface area contributed by atoms with E-state index in [1.54, 1.807) is 0 Å². The normalized spacial score (nSPS) is 11.0. The second-order valence-corrected chi connectivity index (χ2v) is 6.64. The van der Waals surface area contributed by atoms with Gasteiger partial charge in [-0.2, -0.15) is 0 Å². The van der Waals surface area contributed by atoms with E-state index < -0.39 is 0 Å². The van der Waals surface area contributed by atoms with Crippen molar-refractivity contribution in [3.05, 3.63) is 34.8 Å². The molecule has 0 aliphatic rings. The Morgan fingerprint density at radius 2 is 1.91 bits per heavy atom. The van der Waals surface area contributed by atoms with Crippen LogP contribution < -0.4 is 10.1 Å². The first-order valence-electron chi connectivity index (χ1n) is 7.32. The number of amides is 1. The van der Waals surface area contributed by atoms with E-state index in [9.17, 15) is 4.79 Å². The number of hydrogen-bond donors (Lipinski definition) is 1. The molecule has 1 aromatic carbocycles. The van der Waals surface area contributed by atoms with Crippen molar-refractivity contribution in [2.75, 3.05) is 11.9 Å². The largest absolute Gasteiger partial charge is 0.483 e. The summed E-state index contributed by atoms with van der Waals surface area (Å²) in [6.07, 6.45) is 0. The molecule has 0 saturated carbocycles. The van der Waals surface area contributed by atoms with Crippen molar-refractivity contribution >= 4 is 22.4 Å². The molecule has 118 valence electrons. The van der Waals surface area contributed by atoms with Crippen molar-refractivity contribution in [1.29, 1.82) is 0 Å². The Bertz CT molecular complexity index is 638. The molecule has 1 aromatic heterocycles. The van der Waals surface area contributed by atoms with Gasteiger partial charge in [0.1, 0.15) is 10.8 Å². The van der Waals surface area contributed by atoms with E-state index in [2.05, 4.69) is 29.4 Å². The number of rotatable bonds is 6. The van der Waals surface area contributed by atoms with Gasteiger partial charge in [0.15, 0.2) is 6.61 Å².